The number of benzene rings is 3. The van der Waals surface area contributed by atoms with Gasteiger partial charge in [-0.2, -0.15) is 5.26 Å². The van der Waals surface area contributed by atoms with E-state index in [2.05, 4.69) is 12.1 Å². The van der Waals surface area contributed by atoms with Gasteiger partial charge in [-0.15, -0.1) is 0 Å². The number of hydrogen-bond donors (Lipinski definition) is 0. The first kappa shape index (κ1) is 19.8. The summed E-state index contributed by atoms with van der Waals surface area (Å²) < 4.78 is 27.4. The number of aryl methyl sites for hydroxylation is 1. The van der Waals surface area contributed by atoms with Gasteiger partial charge in [0.25, 0.3) is 0 Å². The summed E-state index contributed by atoms with van der Waals surface area (Å²) in [6, 6.07) is 21.6. The van der Waals surface area contributed by atoms with E-state index in [0.717, 1.165) is 50.4 Å². The molecule has 3 aromatic carbocycles. The van der Waals surface area contributed by atoms with E-state index in [4.69, 9.17) is 0 Å². The van der Waals surface area contributed by atoms with E-state index >= 15 is 0 Å². The molecule has 0 bridgehead atoms. The Morgan fingerprint density at radius 3 is 2.39 bits per heavy atom. The fraction of sp³-hybridized carbons (Fsp3) is 0.222. The van der Waals surface area contributed by atoms with E-state index < -0.39 is 9.84 Å². The van der Waals surface area contributed by atoms with E-state index in [-0.39, 0.29) is 11.8 Å². The molecular weight excluding hydrogens is 402 g/mol. The van der Waals surface area contributed by atoms with Crippen LogP contribution in [0.5, 0.6) is 0 Å². The summed E-state index contributed by atoms with van der Waals surface area (Å²) >= 11 is 0. The van der Waals surface area contributed by atoms with Crippen molar-refractivity contribution in [3.05, 3.63) is 98.2 Å². The maximum Gasteiger partial charge on any atom is 0.203 e. The minimum Gasteiger partial charge on any atom is -0.219 e. The second-order valence-corrected chi connectivity index (χ2v) is 10.5. The molecule has 3 aromatic rings. The number of sulfone groups is 1. The number of nitriles is 1. The van der Waals surface area contributed by atoms with Crippen molar-refractivity contribution in [1.82, 2.24) is 0 Å². The molecule has 0 saturated heterocycles. The van der Waals surface area contributed by atoms with Gasteiger partial charge < -0.3 is 0 Å². The number of rotatable bonds is 2. The maximum absolute atomic E-state index is 13.7. The lowest BCUT2D eigenvalue weighted by Gasteiger charge is -2.26. The minimum absolute atomic E-state index is 0.0720. The summed E-state index contributed by atoms with van der Waals surface area (Å²) in [5.41, 5.74) is 3.02. The van der Waals surface area contributed by atoms with Crippen molar-refractivity contribution in [3.63, 3.8) is 0 Å². The number of fused-ring (bicyclic) bond motifs is 4. The van der Waals surface area contributed by atoms with Crippen LogP contribution >= 0.6 is 0 Å². The SMILES string of the molecule is Cc1ccc(S(=O)(=O)C2=c3ccc4c(c3CCC2C)C(C#N)C=c2ccccc2=4)cc1. The molecule has 2 aliphatic carbocycles. The largest absolute Gasteiger partial charge is 0.219 e. The Kier molecular flexibility index (Phi) is 4.60. The summed E-state index contributed by atoms with van der Waals surface area (Å²) in [5.74, 6) is -0.450. The Bertz CT molecular complexity index is 1580. The van der Waals surface area contributed by atoms with E-state index in [9.17, 15) is 13.7 Å². The smallest absolute Gasteiger partial charge is 0.203 e. The molecule has 0 fully saturated rings. The van der Waals surface area contributed by atoms with Gasteiger partial charge in [-0.25, -0.2) is 8.42 Å². The van der Waals surface area contributed by atoms with Gasteiger partial charge >= 0.3 is 0 Å². The number of hydrogen-bond acceptors (Lipinski definition) is 3. The van der Waals surface area contributed by atoms with Crippen LogP contribution in [-0.4, -0.2) is 8.42 Å². The van der Waals surface area contributed by atoms with Gasteiger partial charge in [0.2, 0.25) is 9.84 Å². The normalized spacial score (nSPS) is 19.5. The van der Waals surface area contributed by atoms with Gasteiger partial charge in [0, 0.05) is 0 Å². The summed E-state index contributed by atoms with van der Waals surface area (Å²) in [4.78, 5) is 0.815. The molecule has 31 heavy (non-hydrogen) atoms. The quantitative estimate of drug-likeness (QED) is 0.627. The first-order chi connectivity index (χ1) is 14.9. The second kappa shape index (κ2) is 7.21. The minimum atomic E-state index is -3.63. The van der Waals surface area contributed by atoms with Crippen molar-refractivity contribution in [2.45, 2.75) is 37.5 Å². The average Bonchev–Trinajstić information content (AvgIpc) is 2.78. The molecule has 154 valence electrons. The lowest BCUT2D eigenvalue weighted by molar-refractivity contribution is 0.590. The fourth-order valence-corrected chi connectivity index (χ4v) is 6.90. The summed E-state index contributed by atoms with van der Waals surface area (Å²) in [6.45, 7) is 3.94. The molecule has 0 radical (unpaired) electrons. The maximum atomic E-state index is 13.7. The third kappa shape index (κ3) is 3.04. The van der Waals surface area contributed by atoms with Gasteiger partial charge in [-0.05, 0) is 69.8 Å². The fourth-order valence-electron chi connectivity index (χ4n) is 5.02. The Balaban J connectivity index is 1.91. The van der Waals surface area contributed by atoms with Crippen molar-refractivity contribution in [1.29, 1.82) is 5.26 Å². The van der Waals surface area contributed by atoms with E-state index in [1.54, 1.807) is 12.1 Å². The van der Waals surface area contributed by atoms with Gasteiger partial charge in [0.05, 0.1) is 21.8 Å². The highest BCUT2D eigenvalue weighted by atomic mass is 32.2. The molecular formula is C27H23NO2S. The molecule has 3 nitrogen and oxygen atoms in total. The molecule has 2 aliphatic rings. The zero-order chi connectivity index (χ0) is 21.8. The highest BCUT2D eigenvalue weighted by Crippen LogP contribution is 2.34. The highest BCUT2D eigenvalue weighted by Gasteiger charge is 2.31. The molecule has 0 spiro atoms. The monoisotopic (exact) mass is 425 g/mol. The van der Waals surface area contributed by atoms with Gasteiger partial charge in [0.1, 0.15) is 0 Å². The van der Waals surface area contributed by atoms with E-state index in [1.165, 1.54) is 0 Å². The van der Waals surface area contributed by atoms with Gasteiger partial charge in [-0.3, -0.25) is 0 Å². The summed E-state index contributed by atoms with van der Waals surface area (Å²) in [6.07, 6.45) is 3.54. The predicted molar refractivity (Wildman–Crippen MR) is 122 cm³/mol. The topological polar surface area (TPSA) is 57.9 Å². The van der Waals surface area contributed by atoms with Crippen LogP contribution < -0.4 is 10.4 Å². The molecule has 0 aliphatic heterocycles. The van der Waals surface area contributed by atoms with Crippen molar-refractivity contribution in [3.8, 4) is 6.07 Å². The molecule has 0 aromatic heterocycles. The lowest BCUT2D eigenvalue weighted by Crippen LogP contribution is -2.30. The van der Waals surface area contributed by atoms with Gasteiger partial charge in [0.15, 0.2) is 0 Å². The van der Waals surface area contributed by atoms with Gasteiger partial charge in [-0.1, -0.05) is 67.1 Å². The van der Waals surface area contributed by atoms with Crippen LogP contribution in [0.25, 0.3) is 11.0 Å². The zero-order valence-electron chi connectivity index (χ0n) is 17.6. The predicted octanol–water partition coefficient (Wildman–Crippen LogP) is 3.85. The standard InChI is InChI=1S/C27H23NO2S/c1-17-7-10-21(11-8-17)31(29,30)27-18(2)9-12-24-25(27)14-13-23-22-6-4-3-5-19(22)15-20(16-28)26(23)24/h3-8,10-11,13-15,18,20H,9,12H2,1-2H3. The third-order valence-corrected chi connectivity index (χ3v) is 8.66. The molecule has 0 amide bonds. The molecule has 2 unspecified atom stereocenters. The van der Waals surface area contributed by atoms with Crippen molar-refractivity contribution < 1.29 is 8.42 Å². The number of nitrogens with zero attached hydrogens (tertiary/aromatic N) is 1. The molecule has 2 atom stereocenters. The first-order valence-corrected chi connectivity index (χ1v) is 12.1. The Hall–Kier alpha value is -3.16. The van der Waals surface area contributed by atoms with Crippen LogP contribution in [0.1, 0.15) is 36.0 Å². The lowest BCUT2D eigenvalue weighted by atomic mass is 9.81. The van der Waals surface area contributed by atoms with Crippen LogP contribution in [0.15, 0.2) is 65.6 Å². The van der Waals surface area contributed by atoms with Crippen molar-refractivity contribution >= 4 is 20.8 Å². The Labute approximate surface area is 182 Å². The van der Waals surface area contributed by atoms with Crippen LogP contribution in [0.2, 0.25) is 0 Å². The molecule has 5 rings (SSSR count). The van der Waals surface area contributed by atoms with E-state index in [1.807, 2.05) is 62.4 Å². The first-order valence-electron chi connectivity index (χ1n) is 10.6. The Morgan fingerprint density at radius 2 is 1.65 bits per heavy atom. The molecule has 0 saturated carbocycles. The Morgan fingerprint density at radius 1 is 0.935 bits per heavy atom. The molecule has 0 heterocycles. The molecule has 0 N–H and O–H groups in total. The van der Waals surface area contributed by atoms with Crippen LogP contribution in [-0.2, 0) is 16.3 Å². The summed E-state index contributed by atoms with van der Waals surface area (Å²) in [7, 11) is -3.63. The zero-order valence-corrected chi connectivity index (χ0v) is 18.4. The van der Waals surface area contributed by atoms with Crippen LogP contribution in [0.4, 0.5) is 0 Å². The van der Waals surface area contributed by atoms with Crippen LogP contribution in [0.3, 0.4) is 0 Å². The van der Waals surface area contributed by atoms with E-state index in [0.29, 0.717) is 9.80 Å². The third-order valence-electron chi connectivity index (χ3n) is 6.57. The molecule has 4 heteroatoms. The van der Waals surface area contributed by atoms with Crippen molar-refractivity contribution in [2.24, 2.45) is 5.92 Å². The summed E-state index contributed by atoms with van der Waals surface area (Å²) in [5, 5.41) is 13.9. The average molecular weight is 426 g/mol. The van der Waals surface area contributed by atoms with Crippen molar-refractivity contribution in [2.75, 3.05) is 0 Å². The second-order valence-electron chi connectivity index (χ2n) is 8.53. The van der Waals surface area contributed by atoms with Crippen LogP contribution in [0, 0.1) is 34.6 Å². The highest BCUT2D eigenvalue weighted by molar-refractivity contribution is 8.00.